The second-order valence-corrected chi connectivity index (χ2v) is 4.31. The molecule has 1 aromatic carbocycles. The molecule has 1 N–H and O–H groups in total. The summed E-state index contributed by atoms with van der Waals surface area (Å²) in [4.78, 5) is 7.83. The van der Waals surface area contributed by atoms with E-state index in [9.17, 15) is 9.50 Å². The lowest BCUT2D eigenvalue weighted by Crippen LogP contribution is -1.89. The third-order valence-corrected chi connectivity index (χ3v) is 2.79. The van der Waals surface area contributed by atoms with Gasteiger partial charge >= 0.3 is 0 Å². The van der Waals surface area contributed by atoms with E-state index in [4.69, 9.17) is 4.52 Å². The maximum Gasteiger partial charge on any atom is 0.259 e. The monoisotopic (exact) mass is 271 g/mol. The van der Waals surface area contributed by atoms with Crippen molar-refractivity contribution in [1.29, 1.82) is 0 Å². The molecule has 0 radical (unpaired) electrons. The van der Waals surface area contributed by atoms with Gasteiger partial charge in [0.25, 0.3) is 5.89 Å². The fourth-order valence-electron chi connectivity index (χ4n) is 1.78. The Morgan fingerprint density at radius 3 is 2.80 bits per heavy atom. The summed E-state index contributed by atoms with van der Waals surface area (Å²) in [5.41, 5.74) is 1.58. The van der Waals surface area contributed by atoms with E-state index in [1.54, 1.807) is 31.2 Å². The molecule has 0 bridgehead atoms. The highest BCUT2D eigenvalue weighted by molar-refractivity contribution is 5.60. The third-order valence-electron chi connectivity index (χ3n) is 2.79. The van der Waals surface area contributed by atoms with Gasteiger partial charge in [0.2, 0.25) is 11.8 Å². The first-order valence-electron chi connectivity index (χ1n) is 5.89. The van der Waals surface area contributed by atoms with Crippen molar-refractivity contribution < 1.29 is 14.0 Å². The molecule has 0 spiro atoms. The molecule has 0 saturated carbocycles. The lowest BCUT2D eigenvalue weighted by molar-refractivity contribution is 0.432. The van der Waals surface area contributed by atoms with Gasteiger partial charge in [0.15, 0.2) is 0 Å². The van der Waals surface area contributed by atoms with E-state index in [1.165, 1.54) is 12.3 Å². The Bertz CT molecular complexity index is 771. The van der Waals surface area contributed by atoms with Crippen molar-refractivity contribution in [3.63, 3.8) is 0 Å². The van der Waals surface area contributed by atoms with Gasteiger partial charge in [0, 0.05) is 17.3 Å². The molecule has 0 amide bonds. The predicted molar refractivity (Wildman–Crippen MR) is 69.3 cm³/mol. The first-order chi connectivity index (χ1) is 9.63. The van der Waals surface area contributed by atoms with Gasteiger partial charge in [-0.2, -0.15) is 9.37 Å². The van der Waals surface area contributed by atoms with Crippen LogP contribution in [0, 0.1) is 12.9 Å². The highest BCUT2D eigenvalue weighted by atomic mass is 19.1. The van der Waals surface area contributed by atoms with Crippen LogP contribution in [0.5, 0.6) is 5.75 Å². The number of hydrogen-bond acceptors (Lipinski definition) is 5. The lowest BCUT2D eigenvalue weighted by Gasteiger charge is -1.97. The van der Waals surface area contributed by atoms with Crippen molar-refractivity contribution >= 4 is 0 Å². The Morgan fingerprint density at radius 2 is 2.05 bits per heavy atom. The van der Waals surface area contributed by atoms with E-state index in [1.807, 2.05) is 0 Å². The minimum Gasteiger partial charge on any atom is -0.508 e. The van der Waals surface area contributed by atoms with Crippen molar-refractivity contribution in [2.75, 3.05) is 0 Å². The molecule has 6 heteroatoms. The minimum absolute atomic E-state index is 0.119. The van der Waals surface area contributed by atoms with Crippen LogP contribution in [-0.2, 0) is 0 Å². The average Bonchev–Trinajstić information content (AvgIpc) is 2.92. The van der Waals surface area contributed by atoms with Crippen molar-refractivity contribution in [3.8, 4) is 28.6 Å². The Morgan fingerprint density at radius 1 is 1.20 bits per heavy atom. The largest absolute Gasteiger partial charge is 0.508 e. The summed E-state index contributed by atoms with van der Waals surface area (Å²) in [6.07, 6.45) is 1.34. The summed E-state index contributed by atoms with van der Waals surface area (Å²) in [6.45, 7) is 1.61. The second kappa shape index (κ2) is 4.73. The molecule has 2 aromatic heterocycles. The fourth-order valence-corrected chi connectivity index (χ4v) is 1.78. The predicted octanol–water partition coefficient (Wildman–Crippen LogP) is 2.95. The summed E-state index contributed by atoms with van der Waals surface area (Å²) in [6, 6.07) is 8.11. The standard InChI is InChI=1S/C14H10FN3O2/c1-8-5-10(7-16-12(8)15)14-17-13(18-20-14)9-3-2-4-11(19)6-9/h2-7,19H,1H3. The number of halogens is 1. The molecule has 3 aromatic rings. The maximum atomic E-state index is 13.1. The van der Waals surface area contributed by atoms with E-state index >= 15 is 0 Å². The van der Waals surface area contributed by atoms with Gasteiger partial charge in [0.1, 0.15) is 5.75 Å². The van der Waals surface area contributed by atoms with E-state index in [-0.39, 0.29) is 11.6 Å². The average molecular weight is 271 g/mol. The molecule has 2 heterocycles. The Hall–Kier alpha value is -2.76. The highest BCUT2D eigenvalue weighted by Crippen LogP contribution is 2.24. The third kappa shape index (κ3) is 2.23. The summed E-state index contributed by atoms with van der Waals surface area (Å²) < 4.78 is 18.3. The van der Waals surface area contributed by atoms with Gasteiger partial charge in [0.05, 0.1) is 5.56 Å². The van der Waals surface area contributed by atoms with E-state index < -0.39 is 5.95 Å². The number of phenolic OH excluding ortho intramolecular Hbond substituents is 1. The molecule has 5 nitrogen and oxygen atoms in total. The first-order valence-corrected chi connectivity index (χ1v) is 5.89. The topological polar surface area (TPSA) is 72.0 Å². The summed E-state index contributed by atoms with van der Waals surface area (Å²) >= 11 is 0. The van der Waals surface area contributed by atoms with E-state index in [0.717, 1.165) is 0 Å². The zero-order valence-electron chi connectivity index (χ0n) is 10.5. The van der Waals surface area contributed by atoms with Crippen LogP contribution in [0.4, 0.5) is 4.39 Å². The van der Waals surface area contributed by atoms with Gasteiger partial charge in [-0.3, -0.25) is 0 Å². The molecule has 100 valence electrons. The van der Waals surface area contributed by atoms with Gasteiger partial charge in [-0.25, -0.2) is 4.98 Å². The van der Waals surface area contributed by atoms with E-state index in [0.29, 0.717) is 22.5 Å². The summed E-state index contributed by atoms with van der Waals surface area (Å²) in [7, 11) is 0. The van der Waals surface area contributed by atoms with Gasteiger partial charge in [-0.1, -0.05) is 17.3 Å². The van der Waals surface area contributed by atoms with E-state index in [2.05, 4.69) is 15.1 Å². The lowest BCUT2D eigenvalue weighted by atomic mass is 10.2. The smallest absolute Gasteiger partial charge is 0.259 e. The summed E-state index contributed by atoms with van der Waals surface area (Å²) in [5.74, 6) is 0.187. The maximum absolute atomic E-state index is 13.1. The molecule has 0 aliphatic carbocycles. The van der Waals surface area contributed by atoms with Gasteiger partial charge < -0.3 is 9.63 Å². The molecule has 20 heavy (non-hydrogen) atoms. The molecule has 0 atom stereocenters. The fraction of sp³-hybridized carbons (Fsp3) is 0.0714. The van der Waals surface area contributed by atoms with Crippen molar-refractivity contribution in [2.24, 2.45) is 0 Å². The number of aromatic hydroxyl groups is 1. The van der Waals surface area contributed by atoms with Crippen LogP contribution >= 0.6 is 0 Å². The SMILES string of the molecule is Cc1cc(-c2nc(-c3cccc(O)c3)no2)cnc1F. The molecule has 0 aliphatic rings. The first kappa shape index (κ1) is 12.3. The number of aromatic nitrogens is 3. The molecule has 3 rings (SSSR count). The zero-order chi connectivity index (χ0) is 14.1. The number of phenols is 1. The number of benzene rings is 1. The molecular formula is C14H10FN3O2. The van der Waals surface area contributed by atoms with Crippen LogP contribution < -0.4 is 0 Å². The van der Waals surface area contributed by atoms with Crippen LogP contribution in [-0.4, -0.2) is 20.2 Å². The zero-order valence-corrected chi connectivity index (χ0v) is 10.5. The highest BCUT2D eigenvalue weighted by Gasteiger charge is 2.12. The number of nitrogens with zero attached hydrogens (tertiary/aromatic N) is 3. The van der Waals surface area contributed by atoms with Crippen LogP contribution in [0.2, 0.25) is 0 Å². The molecular weight excluding hydrogens is 261 g/mol. The Balaban J connectivity index is 1.99. The van der Waals surface area contributed by atoms with Crippen LogP contribution in [0.1, 0.15) is 5.56 Å². The quantitative estimate of drug-likeness (QED) is 0.725. The van der Waals surface area contributed by atoms with Crippen LogP contribution in [0.25, 0.3) is 22.8 Å². The number of rotatable bonds is 2. The van der Waals surface area contributed by atoms with Gasteiger partial charge in [-0.15, -0.1) is 0 Å². The van der Waals surface area contributed by atoms with Gasteiger partial charge in [-0.05, 0) is 25.1 Å². The molecule has 0 unspecified atom stereocenters. The molecule has 0 fully saturated rings. The summed E-state index contributed by atoms with van der Waals surface area (Å²) in [5, 5.41) is 13.3. The van der Waals surface area contributed by atoms with Crippen LogP contribution in [0.3, 0.4) is 0 Å². The molecule has 0 saturated heterocycles. The second-order valence-electron chi connectivity index (χ2n) is 4.31. The Kier molecular flexibility index (Phi) is 2.90. The number of aryl methyl sites for hydroxylation is 1. The Labute approximate surface area is 113 Å². The minimum atomic E-state index is -0.526. The number of pyridine rings is 1. The molecule has 0 aliphatic heterocycles. The van der Waals surface area contributed by atoms with Crippen LogP contribution in [0.15, 0.2) is 41.1 Å². The van der Waals surface area contributed by atoms with Crippen molar-refractivity contribution in [1.82, 2.24) is 15.1 Å². The number of hydrogen-bond donors (Lipinski definition) is 1. The van der Waals surface area contributed by atoms with Crippen molar-refractivity contribution in [3.05, 3.63) is 48.0 Å². The van der Waals surface area contributed by atoms with Crippen molar-refractivity contribution in [2.45, 2.75) is 6.92 Å². The normalized spacial score (nSPS) is 10.7.